The monoisotopic (exact) mass is 617 g/mol. The molecule has 5 aromatic rings. The molecule has 5 rings (SSSR count). The Labute approximate surface area is 255 Å². The molecular formula is C32H36N5O6P. The van der Waals surface area contributed by atoms with Crippen molar-refractivity contribution in [1.82, 2.24) is 19.6 Å². The predicted octanol–water partition coefficient (Wildman–Crippen LogP) is 6.02. The molecule has 44 heavy (non-hydrogen) atoms. The molecule has 0 saturated carbocycles. The summed E-state index contributed by atoms with van der Waals surface area (Å²) in [6.07, 6.45) is -0.685. The molecule has 3 aromatic carbocycles. The fourth-order valence-electron chi connectivity index (χ4n) is 4.77. The minimum absolute atomic E-state index is 0.0784. The summed E-state index contributed by atoms with van der Waals surface area (Å²) >= 11 is 0. The number of aromatic nitrogens is 3. The fourth-order valence-corrected chi connectivity index (χ4v) is 6.45. The molecule has 230 valence electrons. The molecule has 0 saturated heterocycles. The smallest absolute Gasteiger partial charge is 0.459 e. The molecule has 0 aliphatic carbocycles. The van der Waals surface area contributed by atoms with Crippen molar-refractivity contribution in [2.24, 2.45) is 0 Å². The highest BCUT2D eigenvalue weighted by Crippen LogP contribution is 2.46. The third kappa shape index (κ3) is 7.43. The Hall–Kier alpha value is -4.28. The summed E-state index contributed by atoms with van der Waals surface area (Å²) in [5.74, 6) is 0.629. The topological polar surface area (TPSA) is 140 Å². The van der Waals surface area contributed by atoms with Crippen LogP contribution in [0.3, 0.4) is 0 Å². The van der Waals surface area contributed by atoms with E-state index in [4.69, 9.17) is 29.2 Å². The zero-order chi connectivity index (χ0) is 31.1. The molecule has 0 spiro atoms. The van der Waals surface area contributed by atoms with E-state index in [1.165, 1.54) is 0 Å². The van der Waals surface area contributed by atoms with Crippen molar-refractivity contribution in [3.63, 3.8) is 0 Å². The third-order valence-corrected chi connectivity index (χ3v) is 8.57. The van der Waals surface area contributed by atoms with E-state index in [0.29, 0.717) is 29.5 Å². The lowest BCUT2D eigenvalue weighted by molar-refractivity contribution is -0.146. The number of carbonyl (C=O) groups is 1. The highest BCUT2D eigenvalue weighted by Gasteiger charge is 2.34. The fraction of sp³-hybridized carbons (Fsp3) is 0.281. The molecule has 0 aliphatic rings. The quantitative estimate of drug-likeness (QED) is 0.112. The van der Waals surface area contributed by atoms with Gasteiger partial charge in [0.25, 0.3) is 0 Å². The number of nitrogens with zero attached hydrogens (tertiary/aromatic N) is 3. The molecule has 0 bridgehead atoms. The molecule has 3 N–H and O–H groups in total. The number of nitrogen functional groups attached to an aromatic ring is 1. The lowest BCUT2D eigenvalue weighted by atomic mass is 10.2. The van der Waals surface area contributed by atoms with Gasteiger partial charge in [-0.1, -0.05) is 66.7 Å². The summed E-state index contributed by atoms with van der Waals surface area (Å²) in [7, 11) is -4.13. The second-order valence-electron chi connectivity index (χ2n) is 10.2. The van der Waals surface area contributed by atoms with Crippen LogP contribution in [0.25, 0.3) is 21.9 Å². The Morgan fingerprint density at radius 1 is 0.955 bits per heavy atom. The van der Waals surface area contributed by atoms with Crippen LogP contribution in [-0.2, 0) is 43.1 Å². The number of benzene rings is 3. The van der Waals surface area contributed by atoms with Gasteiger partial charge in [-0.25, -0.2) is 14.5 Å². The average molecular weight is 618 g/mol. The minimum atomic E-state index is -4.13. The van der Waals surface area contributed by atoms with Crippen molar-refractivity contribution < 1.29 is 27.9 Å². The van der Waals surface area contributed by atoms with E-state index >= 15 is 0 Å². The standard InChI is InChI=1S/C32H36N5O6P/c1-4-40-21-28-35-29-30(26-17-11-12-18-27(26)34-31(29)33)37(28)19-22(2)42-44(39,43-25-15-9-6-10-16-25)36-23(3)32(38)41-20-24-13-7-5-8-14-24/h5-18,22-23H,4,19-21H2,1-3H3,(H2,33,34)(H,36,39)/t22-,23-,44+/m0/s1. The van der Waals surface area contributed by atoms with Crippen LogP contribution in [0.5, 0.6) is 5.75 Å². The number of anilines is 1. The van der Waals surface area contributed by atoms with Crippen LogP contribution in [0.2, 0.25) is 0 Å². The van der Waals surface area contributed by atoms with Gasteiger partial charge in [-0.05, 0) is 44.5 Å². The van der Waals surface area contributed by atoms with Crippen LogP contribution in [0, 0.1) is 0 Å². The molecular weight excluding hydrogens is 581 g/mol. The molecule has 2 heterocycles. The second-order valence-corrected chi connectivity index (χ2v) is 11.9. The molecule has 2 aromatic heterocycles. The zero-order valence-electron chi connectivity index (χ0n) is 24.9. The molecule has 0 unspecified atom stereocenters. The average Bonchev–Trinajstić information content (AvgIpc) is 3.38. The van der Waals surface area contributed by atoms with Crippen LogP contribution in [0.15, 0.2) is 84.9 Å². The Morgan fingerprint density at radius 2 is 1.64 bits per heavy atom. The molecule has 0 amide bonds. The number of ether oxygens (including phenoxy) is 2. The third-order valence-electron chi connectivity index (χ3n) is 6.78. The summed E-state index contributed by atoms with van der Waals surface area (Å²) in [6.45, 7) is 6.24. The first-order valence-corrected chi connectivity index (χ1v) is 15.9. The number of para-hydroxylation sites is 2. The molecule has 0 radical (unpaired) electrons. The normalized spacial score (nSPS) is 14.2. The van der Waals surface area contributed by atoms with Gasteiger partial charge >= 0.3 is 13.7 Å². The first-order chi connectivity index (χ1) is 21.3. The number of nitrogens with two attached hydrogens (primary N) is 1. The van der Waals surface area contributed by atoms with Gasteiger partial charge in [-0.2, -0.15) is 5.09 Å². The van der Waals surface area contributed by atoms with E-state index in [2.05, 4.69) is 10.1 Å². The Morgan fingerprint density at radius 3 is 2.36 bits per heavy atom. The van der Waals surface area contributed by atoms with Crippen molar-refractivity contribution in [1.29, 1.82) is 0 Å². The van der Waals surface area contributed by atoms with E-state index in [1.54, 1.807) is 38.1 Å². The van der Waals surface area contributed by atoms with Crippen LogP contribution in [-0.4, -0.2) is 39.3 Å². The molecule has 0 aliphatic heterocycles. The summed E-state index contributed by atoms with van der Waals surface area (Å²) in [5.41, 5.74) is 9.18. The van der Waals surface area contributed by atoms with Crippen molar-refractivity contribution in [3.05, 3.63) is 96.3 Å². The lowest BCUT2D eigenvalue weighted by Crippen LogP contribution is -2.36. The van der Waals surface area contributed by atoms with Crippen molar-refractivity contribution in [2.45, 2.75) is 52.7 Å². The zero-order valence-corrected chi connectivity index (χ0v) is 25.8. The van der Waals surface area contributed by atoms with Gasteiger partial charge in [0.1, 0.15) is 36.3 Å². The number of rotatable bonds is 14. The number of esters is 1. The summed E-state index contributed by atoms with van der Waals surface area (Å²) < 4.78 is 39.4. The maximum atomic E-state index is 14.3. The summed E-state index contributed by atoms with van der Waals surface area (Å²) in [6, 6.07) is 24.6. The van der Waals surface area contributed by atoms with E-state index in [9.17, 15) is 9.36 Å². The van der Waals surface area contributed by atoms with E-state index in [-0.39, 0.29) is 19.8 Å². The molecule has 3 atom stereocenters. The van der Waals surface area contributed by atoms with Gasteiger partial charge in [0.05, 0.1) is 23.7 Å². The highest BCUT2D eigenvalue weighted by atomic mass is 31.2. The van der Waals surface area contributed by atoms with Crippen molar-refractivity contribution in [3.8, 4) is 5.75 Å². The van der Waals surface area contributed by atoms with Gasteiger partial charge in [-0.3, -0.25) is 9.32 Å². The number of hydrogen-bond acceptors (Lipinski definition) is 9. The highest BCUT2D eigenvalue weighted by molar-refractivity contribution is 7.52. The predicted molar refractivity (Wildman–Crippen MR) is 169 cm³/mol. The maximum absolute atomic E-state index is 14.3. The van der Waals surface area contributed by atoms with Crippen molar-refractivity contribution in [2.75, 3.05) is 12.3 Å². The largest absolute Gasteiger partial charge is 0.460 e. The van der Waals surface area contributed by atoms with Crippen LogP contribution in [0.4, 0.5) is 5.82 Å². The first kappa shape index (κ1) is 31.2. The van der Waals surface area contributed by atoms with Gasteiger partial charge in [0.2, 0.25) is 0 Å². The first-order valence-electron chi connectivity index (χ1n) is 14.4. The van der Waals surface area contributed by atoms with Crippen molar-refractivity contribution >= 4 is 41.5 Å². The van der Waals surface area contributed by atoms with E-state index in [0.717, 1.165) is 22.0 Å². The number of carbonyl (C=O) groups excluding carboxylic acids is 1. The number of fused-ring (bicyclic) bond motifs is 3. The molecule has 0 fully saturated rings. The maximum Gasteiger partial charge on any atom is 0.459 e. The number of hydrogen-bond donors (Lipinski definition) is 2. The second kappa shape index (κ2) is 14.0. The summed E-state index contributed by atoms with van der Waals surface area (Å²) in [4.78, 5) is 22.1. The van der Waals surface area contributed by atoms with Crippen LogP contribution < -0.4 is 15.3 Å². The molecule has 12 heteroatoms. The van der Waals surface area contributed by atoms with Gasteiger partial charge < -0.3 is 24.3 Å². The van der Waals surface area contributed by atoms with Gasteiger partial charge in [-0.15, -0.1) is 0 Å². The van der Waals surface area contributed by atoms with E-state index < -0.39 is 25.9 Å². The Bertz CT molecular complexity index is 1770. The van der Waals surface area contributed by atoms with Gasteiger partial charge in [0.15, 0.2) is 5.82 Å². The van der Waals surface area contributed by atoms with Crippen LogP contribution in [0.1, 0.15) is 32.2 Å². The van der Waals surface area contributed by atoms with E-state index in [1.807, 2.05) is 72.2 Å². The number of nitrogens with one attached hydrogen (secondary N) is 1. The number of imidazole rings is 1. The lowest BCUT2D eigenvalue weighted by Gasteiger charge is -2.26. The Kier molecular flexibility index (Phi) is 9.92. The number of pyridine rings is 1. The minimum Gasteiger partial charge on any atom is -0.460 e. The summed E-state index contributed by atoms with van der Waals surface area (Å²) in [5, 5.41) is 3.63. The Balaban J connectivity index is 1.41. The van der Waals surface area contributed by atoms with Gasteiger partial charge in [0, 0.05) is 12.0 Å². The SMILES string of the molecule is CCOCc1nc2c(N)nc3ccccc3c2n1C[C@H](C)O[P@](=O)(N[C@@H](C)C(=O)OCc1ccccc1)Oc1ccccc1. The van der Waals surface area contributed by atoms with Crippen LogP contribution >= 0.6 is 7.75 Å². The molecule has 11 nitrogen and oxygen atoms in total.